The molecule has 0 saturated carbocycles. The number of nitrogens with zero attached hydrogens (tertiary/aromatic N) is 2. The number of amides is 2. The van der Waals surface area contributed by atoms with Crippen LogP contribution in [0.1, 0.15) is 34.1 Å². The van der Waals surface area contributed by atoms with Crippen molar-refractivity contribution in [2.45, 2.75) is 11.8 Å². The SMILES string of the molecule is O=C1[C@@H]2C3c4ccccc4C(c4ccccc43)[C@@H]2C(=O)N1c1cccc(N([O-])O)c1. The number of benzene rings is 3. The number of imide groups is 1. The van der Waals surface area contributed by atoms with Crippen molar-refractivity contribution in [1.82, 2.24) is 0 Å². The van der Waals surface area contributed by atoms with Crippen LogP contribution in [0.5, 0.6) is 0 Å². The fourth-order valence-electron chi connectivity index (χ4n) is 5.68. The quantitative estimate of drug-likeness (QED) is 0.526. The van der Waals surface area contributed by atoms with Crippen molar-refractivity contribution < 1.29 is 14.8 Å². The van der Waals surface area contributed by atoms with Gasteiger partial charge in [0, 0.05) is 11.8 Å². The van der Waals surface area contributed by atoms with Crippen LogP contribution in [0.25, 0.3) is 0 Å². The molecule has 2 amide bonds. The van der Waals surface area contributed by atoms with Gasteiger partial charge in [-0.15, -0.1) is 0 Å². The molecule has 1 fully saturated rings. The first-order valence-electron chi connectivity index (χ1n) is 9.89. The van der Waals surface area contributed by atoms with Crippen molar-refractivity contribution in [2.75, 3.05) is 10.1 Å². The highest BCUT2D eigenvalue weighted by atomic mass is 16.8. The molecule has 7 rings (SSSR count). The molecular formula is C24H17N2O4-. The van der Waals surface area contributed by atoms with Gasteiger partial charge in [0.05, 0.1) is 23.2 Å². The van der Waals surface area contributed by atoms with Gasteiger partial charge < -0.3 is 10.4 Å². The maximum Gasteiger partial charge on any atom is 0.238 e. The normalized spacial score (nSPS) is 25.7. The molecule has 1 heterocycles. The van der Waals surface area contributed by atoms with Gasteiger partial charge in [0.15, 0.2) is 0 Å². The number of carbonyl (C=O) groups excluding carboxylic acids is 2. The highest BCUT2D eigenvalue weighted by molar-refractivity contribution is 6.23. The lowest BCUT2D eigenvalue weighted by Crippen LogP contribution is -2.41. The zero-order valence-corrected chi connectivity index (χ0v) is 15.8. The van der Waals surface area contributed by atoms with Crippen LogP contribution in [0.4, 0.5) is 11.4 Å². The van der Waals surface area contributed by atoms with Crippen LogP contribution in [0.3, 0.4) is 0 Å². The van der Waals surface area contributed by atoms with E-state index in [1.165, 1.54) is 17.0 Å². The van der Waals surface area contributed by atoms with Crippen LogP contribution >= 0.6 is 0 Å². The van der Waals surface area contributed by atoms with E-state index in [1.54, 1.807) is 12.1 Å². The lowest BCUT2D eigenvalue weighted by Gasteiger charge is -2.45. The fraction of sp³-hybridized carbons (Fsp3) is 0.167. The largest absolute Gasteiger partial charge is 0.733 e. The smallest absolute Gasteiger partial charge is 0.238 e. The zero-order chi connectivity index (χ0) is 20.6. The summed E-state index contributed by atoms with van der Waals surface area (Å²) in [5.74, 6) is -1.81. The van der Waals surface area contributed by atoms with E-state index in [9.17, 15) is 20.0 Å². The molecule has 2 bridgehead atoms. The average Bonchev–Trinajstić information content (AvgIpc) is 3.04. The molecule has 0 spiro atoms. The summed E-state index contributed by atoms with van der Waals surface area (Å²) < 4.78 is 0. The Morgan fingerprint density at radius 2 is 1.20 bits per heavy atom. The lowest BCUT2D eigenvalue weighted by atomic mass is 9.55. The molecular weight excluding hydrogens is 380 g/mol. The number of carbonyl (C=O) groups is 2. The van der Waals surface area contributed by atoms with Gasteiger partial charge in [-0.25, -0.2) is 4.90 Å². The number of hydrogen-bond donors (Lipinski definition) is 1. The van der Waals surface area contributed by atoms with E-state index in [2.05, 4.69) is 24.3 Å². The number of anilines is 2. The minimum absolute atomic E-state index is 0.0301. The summed E-state index contributed by atoms with van der Waals surface area (Å²) in [5, 5.41) is 20.3. The first-order valence-corrected chi connectivity index (χ1v) is 9.89. The van der Waals surface area contributed by atoms with Crippen LogP contribution in [-0.2, 0) is 9.59 Å². The van der Waals surface area contributed by atoms with E-state index in [1.807, 2.05) is 24.3 Å². The first kappa shape index (κ1) is 17.4. The molecule has 148 valence electrons. The Balaban J connectivity index is 1.53. The Labute approximate surface area is 172 Å². The van der Waals surface area contributed by atoms with Crippen molar-refractivity contribution in [3.63, 3.8) is 0 Å². The third-order valence-corrected chi connectivity index (χ3v) is 6.76. The average molecular weight is 397 g/mol. The summed E-state index contributed by atoms with van der Waals surface area (Å²) in [5.41, 5.74) is 4.72. The molecule has 3 aliphatic carbocycles. The molecule has 6 nitrogen and oxygen atoms in total. The molecule has 1 saturated heterocycles. The maximum absolute atomic E-state index is 13.6. The Bertz CT molecular complexity index is 1110. The highest BCUT2D eigenvalue weighted by Gasteiger charge is 2.61. The molecule has 30 heavy (non-hydrogen) atoms. The predicted octanol–water partition coefficient (Wildman–Crippen LogP) is 3.78. The Morgan fingerprint density at radius 3 is 1.63 bits per heavy atom. The van der Waals surface area contributed by atoms with Crippen LogP contribution < -0.4 is 10.1 Å². The van der Waals surface area contributed by atoms with Crippen LogP contribution in [0.2, 0.25) is 0 Å². The van der Waals surface area contributed by atoms with Crippen LogP contribution in [0.15, 0.2) is 72.8 Å². The lowest BCUT2D eigenvalue weighted by molar-refractivity contribution is -0.122. The van der Waals surface area contributed by atoms with E-state index in [4.69, 9.17) is 0 Å². The predicted molar refractivity (Wildman–Crippen MR) is 110 cm³/mol. The van der Waals surface area contributed by atoms with Crippen molar-refractivity contribution >= 4 is 23.2 Å². The summed E-state index contributed by atoms with van der Waals surface area (Å²) in [7, 11) is 0. The van der Waals surface area contributed by atoms with E-state index in [-0.39, 0.29) is 34.6 Å². The Kier molecular flexibility index (Phi) is 3.48. The number of hydrogen-bond acceptors (Lipinski definition) is 5. The minimum Gasteiger partial charge on any atom is -0.733 e. The van der Waals surface area contributed by atoms with E-state index < -0.39 is 11.8 Å². The van der Waals surface area contributed by atoms with E-state index in [0.29, 0.717) is 5.69 Å². The molecule has 2 atom stereocenters. The van der Waals surface area contributed by atoms with Gasteiger partial charge in [-0.05, 0) is 40.5 Å². The molecule has 0 unspecified atom stereocenters. The molecule has 6 heteroatoms. The standard InChI is InChI=1S/C24H17N2O4/c27-23-21-19-15-8-1-2-9-16(15)20(18-11-4-3-10-17(18)19)22(21)24(28)25(23)13-6-5-7-14(12-13)26(29)30/h1-12,19-22,29H/q-1/t19?,20?,21-,22+. The zero-order valence-electron chi connectivity index (χ0n) is 15.8. The molecule has 4 aliphatic rings. The molecule has 1 aliphatic heterocycles. The first-order chi connectivity index (χ1) is 14.6. The molecule has 1 N–H and O–H groups in total. The summed E-state index contributed by atoms with van der Waals surface area (Å²) in [6.07, 6.45) is 0. The van der Waals surface area contributed by atoms with E-state index >= 15 is 0 Å². The summed E-state index contributed by atoms with van der Waals surface area (Å²) in [4.78, 5) is 28.4. The summed E-state index contributed by atoms with van der Waals surface area (Å²) >= 11 is 0. The fourth-order valence-corrected chi connectivity index (χ4v) is 5.68. The minimum atomic E-state index is -0.478. The van der Waals surface area contributed by atoms with Gasteiger partial charge in [0.1, 0.15) is 0 Å². The van der Waals surface area contributed by atoms with Gasteiger partial charge in [0.2, 0.25) is 11.8 Å². The maximum atomic E-state index is 13.6. The van der Waals surface area contributed by atoms with Crippen LogP contribution in [-0.4, -0.2) is 17.0 Å². The Morgan fingerprint density at radius 1 is 0.733 bits per heavy atom. The topological polar surface area (TPSA) is 83.9 Å². The van der Waals surface area contributed by atoms with Crippen LogP contribution in [0, 0.1) is 17.0 Å². The van der Waals surface area contributed by atoms with Gasteiger partial charge in [-0.1, -0.05) is 54.6 Å². The summed E-state index contributed by atoms with van der Waals surface area (Å²) in [6, 6.07) is 22.1. The highest BCUT2D eigenvalue weighted by Crippen LogP contribution is 2.61. The molecule has 3 aromatic rings. The van der Waals surface area contributed by atoms with Crippen molar-refractivity contribution in [1.29, 1.82) is 0 Å². The van der Waals surface area contributed by atoms with Crippen molar-refractivity contribution in [3.8, 4) is 0 Å². The molecule has 0 radical (unpaired) electrons. The van der Waals surface area contributed by atoms with E-state index in [0.717, 1.165) is 22.3 Å². The van der Waals surface area contributed by atoms with Gasteiger partial charge >= 0.3 is 0 Å². The summed E-state index contributed by atoms with van der Waals surface area (Å²) in [6.45, 7) is 0. The number of rotatable bonds is 2. The van der Waals surface area contributed by atoms with Crippen molar-refractivity contribution in [2.24, 2.45) is 11.8 Å². The third kappa shape index (κ3) is 2.09. The molecule has 3 aromatic carbocycles. The van der Waals surface area contributed by atoms with Gasteiger partial charge in [-0.3, -0.25) is 14.8 Å². The Hall–Kier alpha value is -3.48. The second-order valence-electron chi connectivity index (χ2n) is 8.07. The van der Waals surface area contributed by atoms with Gasteiger partial charge in [0.25, 0.3) is 0 Å². The second-order valence-corrected chi connectivity index (χ2v) is 8.07. The monoisotopic (exact) mass is 397 g/mol. The van der Waals surface area contributed by atoms with Gasteiger partial charge in [-0.2, -0.15) is 0 Å². The van der Waals surface area contributed by atoms with Crippen molar-refractivity contribution in [3.05, 3.63) is 100 Å². The second kappa shape index (κ2) is 6.01. The molecule has 0 aromatic heterocycles. The third-order valence-electron chi connectivity index (χ3n) is 6.76.